The molecular weight excluding hydrogens is 258 g/mol. The summed E-state index contributed by atoms with van der Waals surface area (Å²) in [4.78, 5) is 12.1. The van der Waals surface area contributed by atoms with Crippen molar-refractivity contribution < 1.29 is 0 Å². The van der Waals surface area contributed by atoms with Gasteiger partial charge in [0.1, 0.15) is 4.64 Å². The maximum Gasteiger partial charge on any atom is 0.253 e. The van der Waals surface area contributed by atoms with E-state index in [4.69, 9.17) is 12.2 Å². The maximum absolute atomic E-state index is 12.1. The van der Waals surface area contributed by atoms with Gasteiger partial charge < -0.3 is 4.57 Å². The molecule has 2 aromatic rings. The molecule has 102 valence electrons. The predicted molar refractivity (Wildman–Crippen MR) is 80.2 cm³/mol. The van der Waals surface area contributed by atoms with E-state index in [1.54, 1.807) is 11.6 Å². The molecule has 0 saturated carbocycles. The first-order valence-corrected chi connectivity index (χ1v) is 6.76. The first kappa shape index (κ1) is 13.8. The molecule has 2 aromatic heterocycles. The molecule has 0 aliphatic heterocycles. The average Bonchev–Trinajstić information content (AvgIpc) is 2.64. The Morgan fingerprint density at radius 3 is 2.42 bits per heavy atom. The van der Waals surface area contributed by atoms with E-state index in [2.05, 4.69) is 5.10 Å². The molecule has 2 rings (SSSR count). The molecule has 0 fully saturated rings. The summed E-state index contributed by atoms with van der Waals surface area (Å²) in [5.74, 6) is 0. The van der Waals surface area contributed by atoms with Gasteiger partial charge in [0.15, 0.2) is 0 Å². The maximum atomic E-state index is 12.1. The van der Waals surface area contributed by atoms with Crippen LogP contribution in [-0.2, 0) is 13.6 Å². The molecule has 4 nitrogen and oxygen atoms in total. The van der Waals surface area contributed by atoms with Crippen LogP contribution in [0.3, 0.4) is 0 Å². The number of aromatic nitrogens is 3. The number of hydrogen-bond donors (Lipinski definition) is 1. The molecular formula is C14H19N3OS. The van der Waals surface area contributed by atoms with E-state index in [0.29, 0.717) is 0 Å². The van der Waals surface area contributed by atoms with Crippen LogP contribution >= 0.6 is 12.2 Å². The molecule has 0 aliphatic rings. The highest BCUT2D eigenvalue weighted by molar-refractivity contribution is 7.71. The fourth-order valence-corrected chi connectivity index (χ4v) is 2.76. The second kappa shape index (κ2) is 4.81. The summed E-state index contributed by atoms with van der Waals surface area (Å²) in [6, 6.07) is 1.93. The fourth-order valence-electron chi connectivity index (χ4n) is 2.48. The molecule has 5 heteroatoms. The summed E-state index contributed by atoms with van der Waals surface area (Å²) >= 11 is 5.40. The number of rotatable bonds is 2. The van der Waals surface area contributed by atoms with Gasteiger partial charge in [0.05, 0.1) is 11.4 Å². The average molecular weight is 277 g/mol. The lowest BCUT2D eigenvalue weighted by Crippen LogP contribution is -2.22. The standard InChI is InChI=1S/C14H19N3OS/c1-6-17-14(19)10(4)11(15-17)12-8(2)7-9(3)13(18)16(12)5/h7,15H,6H2,1-5H3. The third-order valence-corrected chi connectivity index (χ3v) is 4.05. The predicted octanol–water partition coefficient (Wildman–Crippen LogP) is 2.86. The Labute approximate surface area is 117 Å². The zero-order valence-corrected chi connectivity index (χ0v) is 12.8. The number of hydrogen-bond acceptors (Lipinski definition) is 2. The van der Waals surface area contributed by atoms with E-state index >= 15 is 0 Å². The lowest BCUT2D eigenvalue weighted by atomic mass is 10.1. The minimum Gasteiger partial charge on any atom is -0.309 e. The molecule has 0 bridgehead atoms. The summed E-state index contributed by atoms with van der Waals surface area (Å²) < 4.78 is 4.41. The first-order valence-electron chi connectivity index (χ1n) is 6.35. The zero-order valence-electron chi connectivity index (χ0n) is 12.0. The molecule has 19 heavy (non-hydrogen) atoms. The Bertz CT molecular complexity index is 749. The summed E-state index contributed by atoms with van der Waals surface area (Å²) in [6.07, 6.45) is 0. The normalized spacial score (nSPS) is 11.0. The summed E-state index contributed by atoms with van der Waals surface area (Å²) in [5, 5.41) is 3.30. The van der Waals surface area contributed by atoms with Gasteiger partial charge in [-0.15, -0.1) is 0 Å². The van der Waals surface area contributed by atoms with Crippen molar-refractivity contribution in [1.82, 2.24) is 14.3 Å². The Hall–Kier alpha value is -1.62. The van der Waals surface area contributed by atoms with Crippen LogP contribution < -0.4 is 5.56 Å². The molecule has 0 spiro atoms. The van der Waals surface area contributed by atoms with Crippen molar-refractivity contribution in [3.63, 3.8) is 0 Å². The molecule has 0 aliphatic carbocycles. The second-order valence-electron chi connectivity index (χ2n) is 4.88. The van der Waals surface area contributed by atoms with Gasteiger partial charge in [0.25, 0.3) is 5.56 Å². The van der Waals surface area contributed by atoms with E-state index in [9.17, 15) is 4.79 Å². The highest BCUT2D eigenvalue weighted by Crippen LogP contribution is 2.25. The third kappa shape index (κ3) is 2.08. The number of aromatic amines is 1. The molecule has 0 amide bonds. The quantitative estimate of drug-likeness (QED) is 0.858. The molecule has 1 N–H and O–H groups in total. The number of nitrogens with zero attached hydrogens (tertiary/aromatic N) is 2. The van der Waals surface area contributed by atoms with Gasteiger partial charge in [0.2, 0.25) is 0 Å². The fraction of sp³-hybridized carbons (Fsp3) is 0.429. The molecule has 0 unspecified atom stereocenters. The molecule has 0 aromatic carbocycles. The van der Waals surface area contributed by atoms with Gasteiger partial charge >= 0.3 is 0 Å². The van der Waals surface area contributed by atoms with Crippen LogP contribution in [0.1, 0.15) is 23.6 Å². The summed E-state index contributed by atoms with van der Waals surface area (Å²) in [5.41, 5.74) is 4.72. The highest BCUT2D eigenvalue weighted by atomic mass is 32.1. The van der Waals surface area contributed by atoms with Crippen molar-refractivity contribution in [2.24, 2.45) is 7.05 Å². The van der Waals surface area contributed by atoms with Gasteiger partial charge in [-0.2, -0.15) is 0 Å². The van der Waals surface area contributed by atoms with Crippen LogP contribution in [0.25, 0.3) is 11.4 Å². The molecule has 0 atom stereocenters. The lowest BCUT2D eigenvalue weighted by molar-refractivity contribution is 0.651. The highest BCUT2D eigenvalue weighted by Gasteiger charge is 2.15. The molecule has 2 heterocycles. The monoisotopic (exact) mass is 277 g/mol. The number of aryl methyl sites for hydroxylation is 3. The smallest absolute Gasteiger partial charge is 0.253 e. The van der Waals surface area contributed by atoms with Crippen molar-refractivity contribution >= 4 is 12.2 Å². The van der Waals surface area contributed by atoms with Crippen LogP contribution in [-0.4, -0.2) is 14.3 Å². The van der Waals surface area contributed by atoms with E-state index in [1.807, 2.05) is 38.4 Å². The molecule has 0 saturated heterocycles. The second-order valence-corrected chi connectivity index (χ2v) is 5.27. The van der Waals surface area contributed by atoms with E-state index in [-0.39, 0.29) is 5.56 Å². The van der Waals surface area contributed by atoms with Crippen LogP contribution in [0.4, 0.5) is 0 Å². The van der Waals surface area contributed by atoms with Crippen molar-refractivity contribution in [3.05, 3.63) is 37.8 Å². The van der Waals surface area contributed by atoms with E-state index in [0.717, 1.165) is 39.3 Å². The minimum atomic E-state index is 0.0311. The Morgan fingerprint density at radius 2 is 1.89 bits per heavy atom. The summed E-state index contributed by atoms with van der Waals surface area (Å²) in [7, 11) is 1.80. The van der Waals surface area contributed by atoms with E-state index < -0.39 is 0 Å². The van der Waals surface area contributed by atoms with Crippen LogP contribution in [0.5, 0.6) is 0 Å². The number of pyridine rings is 1. The largest absolute Gasteiger partial charge is 0.309 e. The topological polar surface area (TPSA) is 42.7 Å². The van der Waals surface area contributed by atoms with Crippen molar-refractivity contribution in [3.8, 4) is 11.4 Å². The van der Waals surface area contributed by atoms with Gasteiger partial charge in [-0.25, -0.2) is 0 Å². The van der Waals surface area contributed by atoms with Crippen molar-refractivity contribution in [2.75, 3.05) is 0 Å². The minimum absolute atomic E-state index is 0.0311. The van der Waals surface area contributed by atoms with Gasteiger partial charge in [-0.3, -0.25) is 14.6 Å². The Balaban J connectivity index is 2.84. The van der Waals surface area contributed by atoms with E-state index in [1.165, 1.54) is 0 Å². The first-order chi connectivity index (χ1) is 8.88. The third-order valence-electron chi connectivity index (χ3n) is 3.52. The lowest BCUT2D eigenvalue weighted by Gasteiger charge is -2.12. The Morgan fingerprint density at radius 1 is 1.26 bits per heavy atom. The van der Waals surface area contributed by atoms with Crippen LogP contribution in [0.2, 0.25) is 0 Å². The summed E-state index contributed by atoms with van der Waals surface area (Å²) in [6.45, 7) is 8.67. The Kier molecular flexibility index (Phi) is 3.49. The van der Waals surface area contributed by atoms with Crippen molar-refractivity contribution in [1.29, 1.82) is 0 Å². The number of H-pyrrole nitrogens is 1. The number of nitrogens with one attached hydrogen (secondary N) is 1. The van der Waals surface area contributed by atoms with Gasteiger partial charge in [-0.05, 0) is 39.3 Å². The molecule has 0 radical (unpaired) electrons. The van der Waals surface area contributed by atoms with Crippen molar-refractivity contribution in [2.45, 2.75) is 34.2 Å². The van der Waals surface area contributed by atoms with Crippen LogP contribution in [0, 0.1) is 25.4 Å². The zero-order chi connectivity index (χ0) is 14.3. The SMILES string of the molecule is CCn1[nH]c(-c2c(C)cc(C)c(=O)n2C)c(C)c1=S. The van der Waals surface area contributed by atoms with Gasteiger partial charge in [-0.1, -0.05) is 12.2 Å². The van der Waals surface area contributed by atoms with Crippen LogP contribution in [0.15, 0.2) is 10.9 Å². The van der Waals surface area contributed by atoms with Gasteiger partial charge in [0, 0.05) is 24.7 Å².